The highest BCUT2D eigenvalue weighted by molar-refractivity contribution is 6.30. The van der Waals surface area contributed by atoms with E-state index in [0.717, 1.165) is 11.1 Å². The number of halogens is 1. The third-order valence-electron chi connectivity index (χ3n) is 4.13. The molecule has 3 rings (SSSR count). The molecule has 0 spiro atoms. The average molecular weight is 356 g/mol. The molecule has 25 heavy (non-hydrogen) atoms. The Morgan fingerprint density at radius 3 is 2.64 bits per heavy atom. The van der Waals surface area contributed by atoms with Gasteiger partial charge >= 0.3 is 6.09 Å². The van der Waals surface area contributed by atoms with Crippen LogP contribution in [0.3, 0.4) is 0 Å². The van der Waals surface area contributed by atoms with Crippen molar-refractivity contribution >= 4 is 17.7 Å². The Morgan fingerprint density at radius 1 is 1.20 bits per heavy atom. The van der Waals surface area contributed by atoms with Gasteiger partial charge in [0.25, 0.3) is 0 Å². The number of aromatic nitrogens is 1. The molecule has 0 saturated carbocycles. The second-order valence-corrected chi connectivity index (χ2v) is 6.21. The lowest BCUT2D eigenvalue weighted by molar-refractivity contribution is 0.0962. The minimum atomic E-state index is -0.873. The molecule has 1 aromatic carbocycles. The van der Waals surface area contributed by atoms with Crippen LogP contribution in [0.2, 0.25) is 5.02 Å². The molecule has 2 heterocycles. The minimum absolute atomic E-state index is 0.136. The molecule has 1 aromatic heterocycles. The summed E-state index contributed by atoms with van der Waals surface area (Å²) in [5, 5.41) is 9.77. The molecule has 1 atom stereocenters. The van der Waals surface area contributed by atoms with Crippen LogP contribution in [0.15, 0.2) is 48.8 Å². The molecule has 1 N–H and O–H groups in total. The van der Waals surface area contributed by atoms with Gasteiger partial charge in [-0.2, -0.15) is 0 Å². The molecule has 1 amide bonds. The van der Waals surface area contributed by atoms with Gasteiger partial charge in [0.2, 0.25) is 0 Å². The van der Waals surface area contributed by atoms with E-state index >= 15 is 0 Å². The Bertz CT molecular complexity index is 793. The maximum absolute atomic E-state index is 11.1. The fourth-order valence-electron chi connectivity index (χ4n) is 2.81. The molecule has 0 bridgehead atoms. The second kappa shape index (κ2) is 8.02. The molecular formula is C19H18ClN3O2. The van der Waals surface area contributed by atoms with Gasteiger partial charge in [-0.1, -0.05) is 35.6 Å². The highest BCUT2D eigenvalue weighted by Crippen LogP contribution is 2.21. The number of hydrogen-bond acceptors (Lipinski definition) is 3. The highest BCUT2D eigenvalue weighted by atomic mass is 35.5. The topological polar surface area (TPSA) is 56.7 Å². The Kier molecular flexibility index (Phi) is 5.54. The SMILES string of the molecule is O=C(O)N1CCN(C(C#Cc2cccc(Cl)c2)c2cccnc2)CC1. The van der Waals surface area contributed by atoms with Crippen molar-refractivity contribution in [2.75, 3.05) is 26.2 Å². The van der Waals surface area contributed by atoms with Crippen LogP contribution in [0, 0.1) is 11.8 Å². The van der Waals surface area contributed by atoms with E-state index in [-0.39, 0.29) is 6.04 Å². The summed E-state index contributed by atoms with van der Waals surface area (Å²) in [5.41, 5.74) is 1.85. The molecule has 1 unspecified atom stereocenters. The second-order valence-electron chi connectivity index (χ2n) is 5.77. The fraction of sp³-hybridized carbons (Fsp3) is 0.263. The van der Waals surface area contributed by atoms with Crippen molar-refractivity contribution in [3.63, 3.8) is 0 Å². The predicted molar refractivity (Wildman–Crippen MR) is 96.5 cm³/mol. The van der Waals surface area contributed by atoms with Crippen LogP contribution in [0.25, 0.3) is 0 Å². The lowest BCUT2D eigenvalue weighted by Gasteiger charge is -2.36. The molecule has 1 aliphatic rings. The van der Waals surface area contributed by atoms with Gasteiger partial charge in [0.1, 0.15) is 0 Å². The number of pyridine rings is 1. The summed E-state index contributed by atoms with van der Waals surface area (Å²) in [4.78, 5) is 18.9. The zero-order chi connectivity index (χ0) is 17.6. The third-order valence-corrected chi connectivity index (χ3v) is 4.36. The molecule has 6 heteroatoms. The standard InChI is InChI=1S/C19H18ClN3O2/c20-17-5-1-3-15(13-17)6-7-18(16-4-2-8-21-14-16)22-9-11-23(12-10-22)19(24)25/h1-5,8,13-14,18H,9-12H2,(H,24,25). The van der Waals surface area contributed by atoms with Crippen LogP contribution in [-0.4, -0.2) is 52.2 Å². The number of piperazine rings is 1. The molecule has 2 aromatic rings. The van der Waals surface area contributed by atoms with Gasteiger partial charge in [-0.05, 0) is 29.8 Å². The zero-order valence-electron chi connectivity index (χ0n) is 13.6. The van der Waals surface area contributed by atoms with E-state index in [1.54, 1.807) is 12.4 Å². The molecule has 1 saturated heterocycles. The average Bonchev–Trinajstić information content (AvgIpc) is 2.63. The number of benzene rings is 1. The first-order valence-electron chi connectivity index (χ1n) is 8.02. The summed E-state index contributed by atoms with van der Waals surface area (Å²) in [6, 6.07) is 11.2. The van der Waals surface area contributed by atoms with Crippen LogP contribution in [0.5, 0.6) is 0 Å². The van der Waals surface area contributed by atoms with Gasteiger partial charge in [-0.3, -0.25) is 9.88 Å². The van der Waals surface area contributed by atoms with Crippen LogP contribution >= 0.6 is 11.6 Å². The van der Waals surface area contributed by atoms with E-state index < -0.39 is 6.09 Å². The summed E-state index contributed by atoms with van der Waals surface area (Å²) >= 11 is 6.02. The number of nitrogens with zero attached hydrogens (tertiary/aromatic N) is 3. The van der Waals surface area contributed by atoms with Crippen molar-refractivity contribution in [1.29, 1.82) is 0 Å². The quantitative estimate of drug-likeness (QED) is 0.841. The van der Waals surface area contributed by atoms with Gasteiger partial charge in [0.05, 0.1) is 6.04 Å². The maximum Gasteiger partial charge on any atom is 0.407 e. The summed E-state index contributed by atoms with van der Waals surface area (Å²) in [6.07, 6.45) is 2.66. The van der Waals surface area contributed by atoms with Gasteiger partial charge in [-0.15, -0.1) is 0 Å². The smallest absolute Gasteiger partial charge is 0.407 e. The monoisotopic (exact) mass is 355 g/mol. The number of carbonyl (C=O) groups is 1. The van der Waals surface area contributed by atoms with Crippen LogP contribution < -0.4 is 0 Å². The number of hydrogen-bond donors (Lipinski definition) is 1. The van der Waals surface area contributed by atoms with Crippen LogP contribution in [0.1, 0.15) is 17.2 Å². The van der Waals surface area contributed by atoms with Crippen molar-refractivity contribution in [1.82, 2.24) is 14.8 Å². The van der Waals surface area contributed by atoms with E-state index in [0.29, 0.717) is 31.2 Å². The van der Waals surface area contributed by atoms with E-state index in [9.17, 15) is 4.79 Å². The van der Waals surface area contributed by atoms with E-state index in [1.807, 2.05) is 36.4 Å². The van der Waals surface area contributed by atoms with Crippen LogP contribution in [0.4, 0.5) is 4.79 Å². The lowest BCUT2D eigenvalue weighted by Crippen LogP contribution is -2.49. The van der Waals surface area contributed by atoms with Crippen molar-refractivity contribution in [3.05, 3.63) is 64.9 Å². The fourth-order valence-corrected chi connectivity index (χ4v) is 3.00. The van der Waals surface area contributed by atoms with E-state index in [1.165, 1.54) is 4.90 Å². The summed E-state index contributed by atoms with van der Waals surface area (Å²) < 4.78 is 0. The maximum atomic E-state index is 11.1. The predicted octanol–water partition coefficient (Wildman–Crippen LogP) is 3.12. The highest BCUT2D eigenvalue weighted by Gasteiger charge is 2.26. The normalized spacial score (nSPS) is 16.0. The van der Waals surface area contributed by atoms with Crippen molar-refractivity contribution in [2.24, 2.45) is 0 Å². The molecule has 1 aliphatic heterocycles. The van der Waals surface area contributed by atoms with Gasteiger partial charge in [0, 0.05) is 49.2 Å². The first kappa shape index (κ1) is 17.3. The molecule has 1 fully saturated rings. The van der Waals surface area contributed by atoms with Crippen molar-refractivity contribution in [3.8, 4) is 11.8 Å². The Labute approximate surface area is 151 Å². The Morgan fingerprint density at radius 2 is 2.00 bits per heavy atom. The van der Waals surface area contributed by atoms with E-state index in [2.05, 4.69) is 21.7 Å². The molecule has 128 valence electrons. The van der Waals surface area contributed by atoms with Gasteiger partial charge in [0.15, 0.2) is 0 Å². The third kappa shape index (κ3) is 4.50. The lowest BCUT2D eigenvalue weighted by atomic mass is 10.1. The molecule has 0 radical (unpaired) electrons. The Balaban J connectivity index is 1.83. The van der Waals surface area contributed by atoms with Gasteiger partial charge in [-0.25, -0.2) is 4.79 Å². The number of carboxylic acid groups (broad SMARTS) is 1. The summed E-state index contributed by atoms with van der Waals surface area (Å²) in [7, 11) is 0. The molecule has 5 nitrogen and oxygen atoms in total. The first-order valence-corrected chi connectivity index (χ1v) is 8.40. The van der Waals surface area contributed by atoms with Crippen molar-refractivity contribution in [2.45, 2.75) is 6.04 Å². The summed E-state index contributed by atoms with van der Waals surface area (Å²) in [5.74, 6) is 6.49. The minimum Gasteiger partial charge on any atom is -0.465 e. The Hall–Kier alpha value is -2.55. The van der Waals surface area contributed by atoms with Crippen LogP contribution in [-0.2, 0) is 0 Å². The molecule has 0 aliphatic carbocycles. The summed E-state index contributed by atoms with van der Waals surface area (Å²) in [6.45, 7) is 2.22. The number of amides is 1. The van der Waals surface area contributed by atoms with E-state index in [4.69, 9.17) is 16.7 Å². The zero-order valence-corrected chi connectivity index (χ0v) is 14.4. The van der Waals surface area contributed by atoms with Crippen molar-refractivity contribution < 1.29 is 9.90 Å². The van der Waals surface area contributed by atoms with Gasteiger partial charge < -0.3 is 10.0 Å². The number of rotatable bonds is 2. The molecular weight excluding hydrogens is 338 g/mol. The largest absolute Gasteiger partial charge is 0.465 e. The first-order chi connectivity index (χ1) is 12.1.